The first kappa shape index (κ1) is 19.1. The molecule has 31 heavy (non-hydrogen) atoms. The molecule has 1 heterocycles. The van der Waals surface area contributed by atoms with Crippen LogP contribution >= 0.6 is 0 Å². The molecule has 4 aromatic carbocycles. The average molecular weight is 402 g/mol. The highest BCUT2D eigenvalue weighted by Gasteiger charge is 2.27. The first-order valence-corrected chi connectivity index (χ1v) is 10.6. The Labute approximate surface area is 182 Å². The second-order valence-corrected chi connectivity index (χ2v) is 7.79. The normalized spacial score (nSPS) is 12.0. The Hall–Kier alpha value is -3.91. The van der Waals surface area contributed by atoms with Crippen LogP contribution in [0.4, 0.5) is 0 Å². The zero-order chi connectivity index (χ0) is 21.0. The summed E-state index contributed by atoms with van der Waals surface area (Å²) in [5, 5.41) is 1.12. The van der Waals surface area contributed by atoms with Gasteiger partial charge in [0.05, 0.1) is 5.92 Å². The van der Waals surface area contributed by atoms with E-state index in [1.807, 2.05) is 60.7 Å². The van der Waals surface area contributed by atoms with E-state index in [1.165, 1.54) is 5.56 Å². The smallest absolute Gasteiger partial charge is 0.174 e. The number of nitrogens with zero attached hydrogens (tertiary/aromatic N) is 1. The minimum absolute atomic E-state index is 0.120. The van der Waals surface area contributed by atoms with Crippen LogP contribution in [0, 0.1) is 0 Å². The van der Waals surface area contributed by atoms with E-state index >= 15 is 0 Å². The number of fused-ring (bicyclic) bond motifs is 1. The summed E-state index contributed by atoms with van der Waals surface area (Å²) in [6.07, 6.45) is 2.16. The van der Waals surface area contributed by atoms with Crippen molar-refractivity contribution in [1.29, 1.82) is 0 Å². The van der Waals surface area contributed by atoms with Crippen LogP contribution in [0.5, 0.6) is 0 Å². The molecule has 0 bridgehead atoms. The molecule has 5 aromatic rings. The summed E-state index contributed by atoms with van der Waals surface area (Å²) < 4.78 is 2.26. The zero-order valence-electron chi connectivity index (χ0n) is 17.2. The number of rotatable bonds is 6. The predicted octanol–water partition coefficient (Wildman–Crippen LogP) is 6.70. The fourth-order valence-electron chi connectivity index (χ4n) is 4.30. The second kappa shape index (κ2) is 8.45. The summed E-state index contributed by atoms with van der Waals surface area (Å²) in [7, 11) is 0. The van der Waals surface area contributed by atoms with Crippen LogP contribution in [0.1, 0.15) is 33.0 Å². The van der Waals surface area contributed by atoms with E-state index in [2.05, 4.69) is 65.4 Å². The Kier molecular flexibility index (Phi) is 5.20. The number of hydrogen-bond donors (Lipinski definition) is 0. The Morgan fingerprint density at radius 1 is 0.677 bits per heavy atom. The number of para-hydroxylation sites is 1. The summed E-state index contributed by atoms with van der Waals surface area (Å²) in [5.74, 6) is -0.236. The van der Waals surface area contributed by atoms with Gasteiger partial charge in [0.1, 0.15) is 0 Å². The number of benzene rings is 4. The fourth-order valence-corrected chi connectivity index (χ4v) is 4.30. The maximum absolute atomic E-state index is 13.7. The van der Waals surface area contributed by atoms with Crippen molar-refractivity contribution in [3.8, 4) is 0 Å². The van der Waals surface area contributed by atoms with E-state index in [-0.39, 0.29) is 11.7 Å². The number of Topliss-reactive ketones (excluding diaryl/α,β-unsaturated/α-hetero) is 1. The van der Waals surface area contributed by atoms with Crippen molar-refractivity contribution >= 4 is 16.7 Å². The molecule has 0 radical (unpaired) electrons. The third-order valence-corrected chi connectivity index (χ3v) is 5.78. The van der Waals surface area contributed by atoms with Crippen molar-refractivity contribution in [3.63, 3.8) is 0 Å². The Balaban J connectivity index is 1.68. The van der Waals surface area contributed by atoms with Gasteiger partial charge in [0.25, 0.3) is 0 Å². The Morgan fingerprint density at radius 2 is 1.26 bits per heavy atom. The van der Waals surface area contributed by atoms with Crippen molar-refractivity contribution < 1.29 is 4.79 Å². The topological polar surface area (TPSA) is 22.0 Å². The lowest BCUT2D eigenvalue weighted by molar-refractivity contribution is 0.0974. The number of ketones is 1. The zero-order valence-corrected chi connectivity index (χ0v) is 17.2. The van der Waals surface area contributed by atoms with Gasteiger partial charge in [-0.15, -0.1) is 0 Å². The molecular weight excluding hydrogens is 378 g/mol. The van der Waals surface area contributed by atoms with Crippen LogP contribution < -0.4 is 0 Å². The minimum Gasteiger partial charge on any atom is -0.343 e. The van der Waals surface area contributed by atoms with E-state index in [9.17, 15) is 4.79 Å². The van der Waals surface area contributed by atoms with Crippen molar-refractivity contribution in [2.75, 3.05) is 0 Å². The molecule has 0 spiro atoms. The van der Waals surface area contributed by atoms with E-state index in [0.717, 1.165) is 34.1 Å². The quantitative estimate of drug-likeness (QED) is 0.290. The summed E-state index contributed by atoms with van der Waals surface area (Å²) in [6.45, 7) is 0.766. The number of hydrogen-bond acceptors (Lipinski definition) is 1. The van der Waals surface area contributed by atoms with Crippen LogP contribution in [0.25, 0.3) is 10.9 Å². The van der Waals surface area contributed by atoms with E-state index in [1.54, 1.807) is 0 Å². The third-order valence-electron chi connectivity index (χ3n) is 5.78. The minimum atomic E-state index is -0.356. The van der Waals surface area contributed by atoms with E-state index in [4.69, 9.17) is 0 Å². The molecule has 5 rings (SSSR count). The summed E-state index contributed by atoms with van der Waals surface area (Å²) in [6, 6.07) is 38.5. The molecule has 0 aliphatic heterocycles. The lowest BCUT2D eigenvalue weighted by atomic mass is 9.85. The lowest BCUT2D eigenvalue weighted by Crippen LogP contribution is -2.14. The third kappa shape index (κ3) is 3.80. The van der Waals surface area contributed by atoms with Gasteiger partial charge in [0.15, 0.2) is 5.78 Å². The SMILES string of the molecule is O=C(c1ccccc1)[C@H](c1ccccc1)c1cn(Cc2ccccc2)c2ccccc12. The van der Waals surface area contributed by atoms with Crippen molar-refractivity contribution in [2.45, 2.75) is 12.5 Å². The monoisotopic (exact) mass is 401 g/mol. The molecule has 0 saturated heterocycles. The van der Waals surface area contributed by atoms with E-state index < -0.39 is 0 Å². The van der Waals surface area contributed by atoms with Gasteiger partial charge in [-0.2, -0.15) is 0 Å². The van der Waals surface area contributed by atoms with Crippen LogP contribution in [0.2, 0.25) is 0 Å². The Morgan fingerprint density at radius 3 is 1.97 bits per heavy atom. The van der Waals surface area contributed by atoms with Gasteiger partial charge in [-0.25, -0.2) is 0 Å². The second-order valence-electron chi connectivity index (χ2n) is 7.79. The molecule has 1 aromatic heterocycles. The van der Waals surface area contributed by atoms with Crippen LogP contribution in [-0.2, 0) is 6.54 Å². The van der Waals surface area contributed by atoms with Crippen LogP contribution in [0.3, 0.4) is 0 Å². The molecule has 2 nitrogen and oxygen atoms in total. The number of carbonyl (C=O) groups excluding carboxylic acids is 1. The number of aromatic nitrogens is 1. The van der Waals surface area contributed by atoms with Crippen molar-refractivity contribution in [3.05, 3.63) is 144 Å². The van der Waals surface area contributed by atoms with E-state index in [0.29, 0.717) is 0 Å². The Bertz CT molecular complexity index is 1300. The molecule has 1 atom stereocenters. The first-order chi connectivity index (χ1) is 15.3. The van der Waals surface area contributed by atoms with Crippen LogP contribution in [-0.4, -0.2) is 10.4 Å². The maximum atomic E-state index is 13.7. The fraction of sp³-hybridized carbons (Fsp3) is 0.0690. The molecule has 0 saturated carbocycles. The van der Waals surface area contributed by atoms with Gasteiger partial charge >= 0.3 is 0 Å². The first-order valence-electron chi connectivity index (χ1n) is 10.6. The predicted molar refractivity (Wildman–Crippen MR) is 127 cm³/mol. The van der Waals surface area contributed by atoms with Crippen LogP contribution in [0.15, 0.2) is 121 Å². The molecular formula is C29H23NO. The highest BCUT2D eigenvalue weighted by molar-refractivity contribution is 6.05. The summed E-state index contributed by atoms with van der Waals surface area (Å²) in [5.41, 5.74) is 5.17. The van der Waals surface area contributed by atoms with Crippen molar-refractivity contribution in [2.24, 2.45) is 0 Å². The highest BCUT2D eigenvalue weighted by atomic mass is 16.1. The van der Waals surface area contributed by atoms with Gasteiger partial charge in [-0.1, -0.05) is 109 Å². The molecule has 0 amide bonds. The lowest BCUT2D eigenvalue weighted by Gasteiger charge is -2.16. The largest absolute Gasteiger partial charge is 0.343 e. The molecule has 2 heteroatoms. The van der Waals surface area contributed by atoms with Crippen molar-refractivity contribution in [1.82, 2.24) is 4.57 Å². The number of carbonyl (C=O) groups is 1. The van der Waals surface area contributed by atoms with Gasteiger partial charge in [0.2, 0.25) is 0 Å². The standard InChI is InChI=1S/C29H23NO/c31-29(24-16-8-3-9-17-24)28(23-14-6-2-7-15-23)26-21-30(20-22-12-4-1-5-13-22)27-19-11-10-18-25(26)27/h1-19,21,28H,20H2/t28-/m1/s1. The molecule has 0 aliphatic rings. The molecule has 0 unspecified atom stereocenters. The van der Waals surface area contributed by atoms with Gasteiger partial charge in [0, 0.05) is 29.2 Å². The summed E-state index contributed by atoms with van der Waals surface area (Å²) >= 11 is 0. The van der Waals surface area contributed by atoms with Gasteiger partial charge in [-0.05, 0) is 22.8 Å². The molecule has 0 N–H and O–H groups in total. The average Bonchev–Trinajstić information content (AvgIpc) is 3.19. The maximum Gasteiger partial charge on any atom is 0.174 e. The molecule has 150 valence electrons. The van der Waals surface area contributed by atoms with Gasteiger partial charge < -0.3 is 4.57 Å². The summed E-state index contributed by atoms with van der Waals surface area (Å²) in [4.78, 5) is 13.7. The highest BCUT2D eigenvalue weighted by Crippen LogP contribution is 2.35. The van der Waals surface area contributed by atoms with Gasteiger partial charge in [-0.3, -0.25) is 4.79 Å². The molecule has 0 aliphatic carbocycles. The molecule has 0 fully saturated rings.